The fourth-order valence-electron chi connectivity index (χ4n) is 2.68. The Morgan fingerprint density at radius 1 is 1.06 bits per heavy atom. The topological polar surface area (TPSA) is 96.3 Å². The molecule has 2 heterocycles. The summed E-state index contributed by atoms with van der Waals surface area (Å²) in [7, 11) is 0. The number of hydrogen-bond donors (Lipinski definition) is 3. The number of amides is 3. The van der Waals surface area contributed by atoms with Crippen molar-refractivity contribution in [3.05, 3.63) is 72.4 Å². The maximum Gasteiger partial charge on any atom is 0.323 e. The van der Waals surface area contributed by atoms with Crippen molar-refractivity contribution in [2.45, 2.75) is 10.9 Å². The number of thiazole rings is 1. The third kappa shape index (κ3) is 5.83. The predicted octanol–water partition coefficient (Wildman–Crippen LogP) is 5.08. The molecule has 4 aromatic rings. The zero-order chi connectivity index (χ0) is 21.6. The Hall–Kier alpha value is -3.37. The summed E-state index contributed by atoms with van der Waals surface area (Å²) in [6.45, 7) is 0.346. The lowest BCUT2D eigenvalue weighted by Gasteiger charge is -2.07. The van der Waals surface area contributed by atoms with Crippen LogP contribution >= 0.6 is 23.1 Å². The Morgan fingerprint density at radius 2 is 1.90 bits per heavy atom. The number of rotatable bonds is 7. The quantitative estimate of drug-likeness (QED) is 0.337. The molecule has 0 unspecified atom stereocenters. The number of fused-ring (bicyclic) bond motifs is 1. The molecule has 0 aliphatic carbocycles. The van der Waals surface area contributed by atoms with Gasteiger partial charge in [0.2, 0.25) is 5.91 Å². The van der Waals surface area contributed by atoms with E-state index in [0.717, 1.165) is 14.6 Å². The lowest BCUT2D eigenvalue weighted by Crippen LogP contribution is -2.24. The number of thioether (sulfide) groups is 1. The van der Waals surface area contributed by atoms with Gasteiger partial charge in [0.15, 0.2) is 4.34 Å². The summed E-state index contributed by atoms with van der Waals surface area (Å²) in [6.07, 6.45) is 1.56. The lowest BCUT2D eigenvalue weighted by atomic mass is 10.3. The molecule has 0 radical (unpaired) electrons. The first kappa shape index (κ1) is 20.9. The summed E-state index contributed by atoms with van der Waals surface area (Å²) in [5.41, 5.74) is 1.72. The van der Waals surface area contributed by atoms with Gasteiger partial charge in [-0.05, 0) is 48.5 Å². The number of nitrogens with zero attached hydrogens (tertiary/aromatic N) is 1. The number of anilines is 2. The monoisotopic (exact) mass is 456 g/mol. The number of nitrogens with one attached hydrogen (secondary N) is 3. The van der Waals surface area contributed by atoms with E-state index in [-0.39, 0.29) is 11.7 Å². The van der Waals surface area contributed by atoms with Crippen molar-refractivity contribution in [1.29, 1.82) is 0 Å². The number of carbonyl (C=O) groups excluding carboxylic acids is 2. The van der Waals surface area contributed by atoms with Crippen LogP contribution in [0.15, 0.2) is 69.6 Å². The lowest BCUT2D eigenvalue weighted by molar-refractivity contribution is -0.118. The molecule has 0 atom stereocenters. The first-order valence-corrected chi connectivity index (χ1v) is 11.0. The van der Waals surface area contributed by atoms with Crippen molar-refractivity contribution in [3.8, 4) is 0 Å². The van der Waals surface area contributed by atoms with E-state index in [4.69, 9.17) is 4.42 Å². The maximum absolute atomic E-state index is 13.2. The molecule has 0 saturated carbocycles. The van der Waals surface area contributed by atoms with Gasteiger partial charge in [-0.1, -0.05) is 17.8 Å². The van der Waals surface area contributed by atoms with Gasteiger partial charge in [-0.15, -0.1) is 11.3 Å². The van der Waals surface area contributed by atoms with Gasteiger partial charge in [0.1, 0.15) is 11.6 Å². The van der Waals surface area contributed by atoms with Crippen LogP contribution in [0.5, 0.6) is 0 Å². The number of urea groups is 1. The second-order valence-electron chi connectivity index (χ2n) is 6.40. The average molecular weight is 457 g/mol. The van der Waals surface area contributed by atoms with Crippen LogP contribution < -0.4 is 16.0 Å². The maximum atomic E-state index is 13.2. The van der Waals surface area contributed by atoms with Gasteiger partial charge in [0, 0.05) is 11.4 Å². The van der Waals surface area contributed by atoms with Gasteiger partial charge < -0.3 is 20.4 Å². The van der Waals surface area contributed by atoms with E-state index < -0.39 is 11.8 Å². The highest BCUT2D eigenvalue weighted by Gasteiger charge is 2.10. The van der Waals surface area contributed by atoms with E-state index in [1.165, 1.54) is 41.3 Å². The smallest absolute Gasteiger partial charge is 0.323 e. The molecule has 0 saturated heterocycles. The van der Waals surface area contributed by atoms with Crippen LogP contribution in [-0.2, 0) is 11.3 Å². The zero-order valence-corrected chi connectivity index (χ0v) is 17.7. The van der Waals surface area contributed by atoms with Gasteiger partial charge in [0.25, 0.3) is 0 Å². The summed E-state index contributed by atoms with van der Waals surface area (Å²) in [6, 6.07) is 14.1. The second kappa shape index (κ2) is 9.63. The summed E-state index contributed by atoms with van der Waals surface area (Å²) in [5.74, 6) is 0.391. The number of hydrogen-bond acceptors (Lipinski definition) is 6. The van der Waals surface area contributed by atoms with Crippen molar-refractivity contribution in [2.24, 2.45) is 0 Å². The van der Waals surface area contributed by atoms with Gasteiger partial charge in [-0.25, -0.2) is 14.2 Å². The number of furan rings is 1. The molecule has 3 amide bonds. The molecule has 158 valence electrons. The van der Waals surface area contributed by atoms with Gasteiger partial charge in [0.05, 0.1) is 28.8 Å². The number of carbonyl (C=O) groups is 2. The first-order chi connectivity index (χ1) is 15.0. The Kier molecular flexibility index (Phi) is 6.48. The third-order valence-electron chi connectivity index (χ3n) is 4.08. The molecule has 0 fully saturated rings. The van der Waals surface area contributed by atoms with Crippen LogP contribution in [0.25, 0.3) is 10.2 Å². The van der Waals surface area contributed by atoms with Gasteiger partial charge >= 0.3 is 6.03 Å². The van der Waals surface area contributed by atoms with Crippen molar-refractivity contribution >= 4 is 56.6 Å². The average Bonchev–Trinajstić information content (AvgIpc) is 3.40. The molecule has 2 aromatic carbocycles. The highest BCUT2D eigenvalue weighted by atomic mass is 32.2. The molecular formula is C21H17FN4O3S2. The van der Waals surface area contributed by atoms with E-state index in [2.05, 4.69) is 20.9 Å². The fraction of sp³-hybridized carbons (Fsp3) is 0.0952. The molecule has 2 aromatic heterocycles. The van der Waals surface area contributed by atoms with Crippen LogP contribution in [-0.4, -0.2) is 22.7 Å². The summed E-state index contributed by atoms with van der Waals surface area (Å²) in [4.78, 5) is 28.7. The molecule has 31 heavy (non-hydrogen) atoms. The molecule has 3 N–H and O–H groups in total. The third-order valence-corrected chi connectivity index (χ3v) is 6.24. The second-order valence-corrected chi connectivity index (χ2v) is 8.65. The van der Waals surface area contributed by atoms with Crippen LogP contribution in [0.4, 0.5) is 20.6 Å². The van der Waals surface area contributed by atoms with E-state index in [1.54, 1.807) is 42.7 Å². The van der Waals surface area contributed by atoms with E-state index in [9.17, 15) is 14.0 Å². The van der Waals surface area contributed by atoms with E-state index in [0.29, 0.717) is 23.7 Å². The van der Waals surface area contributed by atoms with Crippen molar-refractivity contribution in [3.63, 3.8) is 0 Å². The fourth-order valence-corrected chi connectivity index (χ4v) is 4.62. The molecular weight excluding hydrogens is 439 g/mol. The highest BCUT2D eigenvalue weighted by molar-refractivity contribution is 8.01. The van der Waals surface area contributed by atoms with Crippen LogP contribution in [0, 0.1) is 5.82 Å². The highest BCUT2D eigenvalue weighted by Crippen LogP contribution is 2.31. The van der Waals surface area contributed by atoms with Crippen molar-refractivity contribution in [1.82, 2.24) is 10.3 Å². The normalized spacial score (nSPS) is 10.7. The van der Waals surface area contributed by atoms with Crippen LogP contribution in [0.3, 0.4) is 0 Å². The summed E-state index contributed by atoms with van der Waals surface area (Å²) < 4.78 is 20.0. The van der Waals surface area contributed by atoms with Crippen LogP contribution in [0.2, 0.25) is 0 Å². The largest absolute Gasteiger partial charge is 0.467 e. The zero-order valence-electron chi connectivity index (χ0n) is 16.1. The summed E-state index contributed by atoms with van der Waals surface area (Å²) in [5, 5.41) is 8.09. The number of halogens is 1. The van der Waals surface area contributed by atoms with Gasteiger partial charge in [-0.2, -0.15) is 0 Å². The minimum absolute atomic E-state index is 0.114. The van der Waals surface area contributed by atoms with E-state index in [1.807, 2.05) is 0 Å². The molecule has 10 heteroatoms. The van der Waals surface area contributed by atoms with Crippen LogP contribution in [0.1, 0.15) is 5.76 Å². The molecule has 0 spiro atoms. The summed E-state index contributed by atoms with van der Waals surface area (Å²) >= 11 is 2.78. The van der Waals surface area contributed by atoms with Crippen molar-refractivity contribution in [2.75, 3.05) is 16.4 Å². The minimum Gasteiger partial charge on any atom is -0.467 e. The first-order valence-electron chi connectivity index (χ1n) is 9.21. The number of benzene rings is 2. The molecule has 0 aliphatic rings. The SMILES string of the molecule is O=C(CSc1nc2ccc(NC(=O)Nc3cccc(F)c3)cc2s1)NCc1ccco1. The van der Waals surface area contributed by atoms with Gasteiger partial charge in [-0.3, -0.25) is 4.79 Å². The molecule has 0 aliphatic heterocycles. The Morgan fingerprint density at radius 3 is 2.68 bits per heavy atom. The number of aromatic nitrogens is 1. The molecule has 0 bridgehead atoms. The van der Waals surface area contributed by atoms with E-state index >= 15 is 0 Å². The Balaban J connectivity index is 1.32. The molecule has 4 rings (SSSR count). The molecule has 7 nitrogen and oxygen atoms in total. The van der Waals surface area contributed by atoms with Crippen molar-refractivity contribution < 1.29 is 18.4 Å². The Labute approximate surface area is 185 Å². The predicted molar refractivity (Wildman–Crippen MR) is 120 cm³/mol. The standard InChI is InChI=1S/C21H17FN4O3S2/c22-13-3-1-4-14(9-13)24-20(28)25-15-6-7-17-18(10-15)31-21(26-17)30-12-19(27)23-11-16-5-2-8-29-16/h1-10H,11-12H2,(H,23,27)(H2,24,25,28). The minimum atomic E-state index is -0.475. The Bertz CT molecular complexity index is 1210.